The van der Waals surface area contributed by atoms with Gasteiger partial charge in [0.2, 0.25) is 0 Å². The number of carboxylic acid groups (broad SMARTS) is 1. The van der Waals surface area contributed by atoms with Gasteiger partial charge in [-0.05, 0) is 35.4 Å². The summed E-state index contributed by atoms with van der Waals surface area (Å²) in [7, 11) is 0. The lowest BCUT2D eigenvalue weighted by molar-refractivity contribution is 0.0697. The first-order valence-corrected chi connectivity index (χ1v) is 9.76. The Morgan fingerprint density at radius 1 is 1.10 bits per heavy atom. The minimum atomic E-state index is -0.964. The zero-order valence-corrected chi connectivity index (χ0v) is 16.1. The molecule has 3 heterocycles. The summed E-state index contributed by atoms with van der Waals surface area (Å²) >= 11 is 1.48. The molecule has 142 valence electrons. The average Bonchev–Trinajstić information content (AvgIpc) is 3.15. The van der Waals surface area contributed by atoms with E-state index in [9.17, 15) is 9.59 Å². The highest BCUT2D eigenvalue weighted by molar-refractivity contribution is 7.17. The summed E-state index contributed by atoms with van der Waals surface area (Å²) in [5.74, 6) is 5.28. The minimum Gasteiger partial charge on any atom is -0.478 e. The Morgan fingerprint density at radius 2 is 1.93 bits per heavy atom. The van der Waals surface area contributed by atoms with E-state index in [1.165, 1.54) is 11.3 Å². The van der Waals surface area contributed by atoms with Crippen molar-refractivity contribution in [3.63, 3.8) is 0 Å². The third kappa shape index (κ3) is 4.26. The Labute approximate surface area is 170 Å². The Morgan fingerprint density at radius 3 is 2.66 bits per heavy atom. The fourth-order valence-corrected chi connectivity index (χ4v) is 3.83. The molecule has 5 nitrogen and oxygen atoms in total. The zero-order chi connectivity index (χ0) is 20.2. The number of rotatable bonds is 4. The lowest BCUT2D eigenvalue weighted by Gasteiger charge is -2.03. The fraction of sp³-hybridized carbons (Fsp3) is 0.0870. The molecule has 4 rings (SSSR count). The van der Waals surface area contributed by atoms with Gasteiger partial charge in [0.15, 0.2) is 0 Å². The zero-order valence-electron chi connectivity index (χ0n) is 15.3. The van der Waals surface area contributed by atoms with Crippen LogP contribution >= 0.6 is 11.3 Å². The number of aromatic nitrogens is 2. The first-order valence-electron chi connectivity index (χ1n) is 8.94. The summed E-state index contributed by atoms with van der Waals surface area (Å²) in [6, 6.07) is 14.2. The molecule has 0 aliphatic carbocycles. The van der Waals surface area contributed by atoms with Gasteiger partial charge in [-0.2, -0.15) is 0 Å². The van der Waals surface area contributed by atoms with Crippen molar-refractivity contribution < 1.29 is 9.90 Å². The standard InChI is InChI=1S/C23H16N2O3S/c26-22-19(13-16-6-8-18(9-7-16)23(27)28)10-11-21-25(22)15-20(29-21)5-1-3-17-4-2-12-24-14-17/h2,4,6-12,14-15H,3,13H2,(H,27,28). The number of carboxylic acids is 1. The van der Waals surface area contributed by atoms with Gasteiger partial charge in [-0.25, -0.2) is 4.79 Å². The van der Waals surface area contributed by atoms with Crippen molar-refractivity contribution in [2.24, 2.45) is 0 Å². The van der Waals surface area contributed by atoms with Crippen molar-refractivity contribution in [3.8, 4) is 11.8 Å². The van der Waals surface area contributed by atoms with Gasteiger partial charge in [0.05, 0.1) is 10.4 Å². The van der Waals surface area contributed by atoms with Crippen LogP contribution in [0.15, 0.2) is 71.9 Å². The van der Waals surface area contributed by atoms with Gasteiger partial charge in [0.1, 0.15) is 4.83 Å². The first-order chi connectivity index (χ1) is 14.1. The molecule has 0 radical (unpaired) electrons. The third-order valence-corrected chi connectivity index (χ3v) is 5.41. The van der Waals surface area contributed by atoms with Gasteiger partial charge in [-0.1, -0.05) is 36.1 Å². The predicted octanol–water partition coefficient (Wildman–Crippen LogP) is 3.64. The normalized spacial score (nSPS) is 10.5. The molecule has 0 aliphatic heterocycles. The Balaban J connectivity index is 1.56. The number of hydrogen-bond acceptors (Lipinski definition) is 4. The van der Waals surface area contributed by atoms with Gasteiger partial charge in [0, 0.05) is 37.0 Å². The Hall–Kier alpha value is -3.69. The van der Waals surface area contributed by atoms with Gasteiger partial charge in [-0.3, -0.25) is 14.2 Å². The van der Waals surface area contributed by atoms with E-state index in [1.54, 1.807) is 47.3 Å². The maximum Gasteiger partial charge on any atom is 0.335 e. The molecular weight excluding hydrogens is 384 g/mol. The number of carbonyl (C=O) groups is 1. The minimum absolute atomic E-state index is 0.0821. The van der Waals surface area contributed by atoms with Crippen LogP contribution in [-0.4, -0.2) is 20.5 Å². The number of thiazole rings is 1. The lowest BCUT2D eigenvalue weighted by Crippen LogP contribution is -2.16. The highest BCUT2D eigenvalue weighted by atomic mass is 32.1. The molecule has 0 unspecified atom stereocenters. The molecule has 29 heavy (non-hydrogen) atoms. The van der Waals surface area contributed by atoms with E-state index in [4.69, 9.17) is 5.11 Å². The van der Waals surface area contributed by atoms with Gasteiger partial charge in [0.25, 0.3) is 5.56 Å². The molecule has 0 saturated carbocycles. The molecular formula is C23H16N2O3S. The molecule has 3 aromatic heterocycles. The van der Waals surface area contributed by atoms with E-state index in [1.807, 2.05) is 24.3 Å². The van der Waals surface area contributed by atoms with Crippen LogP contribution in [0.4, 0.5) is 0 Å². The SMILES string of the molecule is O=C(O)c1ccc(Cc2ccc3sc(C#CCc4cccnc4)cn3c2=O)cc1. The molecule has 4 aromatic rings. The van der Waals surface area contributed by atoms with Crippen molar-refractivity contribution in [3.05, 3.63) is 105 Å². The van der Waals surface area contributed by atoms with Crippen molar-refractivity contribution in [1.29, 1.82) is 0 Å². The summed E-state index contributed by atoms with van der Waals surface area (Å²) in [6.07, 6.45) is 6.34. The predicted molar refractivity (Wildman–Crippen MR) is 113 cm³/mol. The van der Waals surface area contributed by atoms with Gasteiger partial charge < -0.3 is 5.11 Å². The van der Waals surface area contributed by atoms with Gasteiger partial charge >= 0.3 is 5.97 Å². The quantitative estimate of drug-likeness (QED) is 0.531. The first kappa shape index (κ1) is 18.7. The van der Waals surface area contributed by atoms with Crippen molar-refractivity contribution in [1.82, 2.24) is 9.38 Å². The van der Waals surface area contributed by atoms with Crippen LogP contribution in [0.2, 0.25) is 0 Å². The Bertz CT molecular complexity index is 1290. The smallest absolute Gasteiger partial charge is 0.335 e. The van der Waals surface area contributed by atoms with Crippen LogP contribution in [0.1, 0.15) is 31.9 Å². The van der Waals surface area contributed by atoms with Crippen LogP contribution in [0.25, 0.3) is 4.83 Å². The molecule has 1 aromatic carbocycles. The van der Waals surface area contributed by atoms with E-state index in [2.05, 4.69) is 16.8 Å². The van der Waals surface area contributed by atoms with E-state index in [-0.39, 0.29) is 11.1 Å². The van der Waals surface area contributed by atoms with Crippen LogP contribution in [0.3, 0.4) is 0 Å². The maximum absolute atomic E-state index is 12.8. The molecule has 0 fully saturated rings. The van der Waals surface area contributed by atoms with E-state index in [0.717, 1.165) is 20.8 Å². The summed E-state index contributed by atoms with van der Waals surface area (Å²) in [5.41, 5.74) is 2.74. The highest BCUT2D eigenvalue weighted by Crippen LogP contribution is 2.17. The van der Waals surface area contributed by atoms with Crippen molar-refractivity contribution in [2.75, 3.05) is 0 Å². The van der Waals surface area contributed by atoms with E-state index < -0.39 is 5.97 Å². The number of fused-ring (bicyclic) bond motifs is 1. The number of aromatic carboxylic acids is 1. The Kier molecular flexibility index (Phi) is 5.23. The monoisotopic (exact) mass is 400 g/mol. The topological polar surface area (TPSA) is 71.7 Å². The van der Waals surface area contributed by atoms with E-state index >= 15 is 0 Å². The van der Waals surface area contributed by atoms with Crippen molar-refractivity contribution in [2.45, 2.75) is 12.8 Å². The molecule has 0 amide bonds. The molecule has 0 aliphatic rings. The lowest BCUT2D eigenvalue weighted by atomic mass is 10.0. The molecule has 6 heteroatoms. The molecule has 1 N–H and O–H groups in total. The number of nitrogens with zero attached hydrogens (tertiary/aromatic N) is 2. The van der Waals surface area contributed by atoms with Crippen LogP contribution in [0, 0.1) is 11.8 Å². The maximum atomic E-state index is 12.8. The van der Waals surface area contributed by atoms with Crippen LogP contribution < -0.4 is 5.56 Å². The molecule has 0 saturated heterocycles. The summed E-state index contributed by atoms with van der Waals surface area (Å²) in [5, 5.41) is 8.99. The van der Waals surface area contributed by atoms with Crippen LogP contribution in [-0.2, 0) is 12.8 Å². The second kappa shape index (κ2) is 8.13. The largest absolute Gasteiger partial charge is 0.478 e. The fourth-order valence-electron chi connectivity index (χ4n) is 2.95. The number of benzene rings is 1. The molecule has 0 bridgehead atoms. The summed E-state index contributed by atoms with van der Waals surface area (Å²) < 4.78 is 1.62. The number of hydrogen-bond donors (Lipinski definition) is 1. The number of pyridine rings is 2. The second-order valence-corrected chi connectivity index (χ2v) is 7.55. The van der Waals surface area contributed by atoms with E-state index in [0.29, 0.717) is 18.4 Å². The average molecular weight is 400 g/mol. The molecule has 0 atom stereocenters. The summed E-state index contributed by atoms with van der Waals surface area (Å²) in [4.78, 5) is 29.5. The van der Waals surface area contributed by atoms with Crippen LogP contribution in [0.5, 0.6) is 0 Å². The summed E-state index contributed by atoms with van der Waals surface area (Å²) in [6.45, 7) is 0. The van der Waals surface area contributed by atoms with Gasteiger partial charge in [-0.15, -0.1) is 11.3 Å². The second-order valence-electron chi connectivity index (χ2n) is 6.49. The third-order valence-electron chi connectivity index (χ3n) is 4.44. The van der Waals surface area contributed by atoms with Crippen molar-refractivity contribution >= 4 is 22.1 Å². The molecule has 0 spiro atoms. The highest BCUT2D eigenvalue weighted by Gasteiger charge is 2.08.